The van der Waals surface area contributed by atoms with Gasteiger partial charge in [-0.1, -0.05) is 30.3 Å². The Morgan fingerprint density at radius 2 is 1.92 bits per heavy atom. The van der Waals surface area contributed by atoms with Crippen molar-refractivity contribution in [2.75, 3.05) is 0 Å². The molecule has 0 saturated carbocycles. The molecule has 5 nitrogen and oxygen atoms in total. The van der Waals surface area contributed by atoms with Crippen molar-refractivity contribution in [1.82, 2.24) is 15.1 Å². The molecule has 0 bridgehead atoms. The maximum atomic E-state index is 12.6. The van der Waals surface area contributed by atoms with Gasteiger partial charge in [0.2, 0.25) is 5.91 Å². The lowest BCUT2D eigenvalue weighted by molar-refractivity contribution is -0.126. The maximum absolute atomic E-state index is 12.6. The molecule has 1 aromatic heterocycles. The fraction of sp³-hybridized carbons (Fsp3) is 0.444. The second kappa shape index (κ2) is 7.81. The number of rotatable bonds is 5. The first-order valence-electron chi connectivity index (χ1n) is 7.88. The molecule has 1 amide bonds. The van der Waals surface area contributed by atoms with Gasteiger partial charge in [-0.2, -0.15) is 5.10 Å². The molecule has 6 heteroatoms. The second-order valence-corrected chi connectivity index (χ2v) is 6.42. The van der Waals surface area contributed by atoms with E-state index in [0.29, 0.717) is 0 Å². The van der Waals surface area contributed by atoms with Gasteiger partial charge in [-0.3, -0.25) is 9.48 Å². The number of carbonyl (C=O) groups excluding carboxylic acids is 1. The monoisotopic (exact) mass is 350 g/mol. The smallest absolute Gasteiger partial charge is 0.244 e. The zero-order chi connectivity index (χ0) is 17.2. The van der Waals surface area contributed by atoms with Gasteiger partial charge in [0.05, 0.1) is 5.69 Å². The first-order valence-corrected chi connectivity index (χ1v) is 7.88. The molecule has 2 atom stereocenters. The highest BCUT2D eigenvalue weighted by Gasteiger charge is 2.31. The highest BCUT2D eigenvalue weighted by molar-refractivity contribution is 5.87. The molecule has 132 valence electrons. The molecule has 0 aliphatic heterocycles. The summed E-state index contributed by atoms with van der Waals surface area (Å²) in [5, 5.41) is 7.45. The fourth-order valence-electron chi connectivity index (χ4n) is 2.76. The van der Waals surface area contributed by atoms with Crippen LogP contribution in [0.2, 0.25) is 0 Å². The maximum Gasteiger partial charge on any atom is 0.244 e. The molecule has 1 aromatic carbocycles. The summed E-state index contributed by atoms with van der Waals surface area (Å²) in [4.78, 5) is 12.6. The van der Waals surface area contributed by atoms with Crippen molar-refractivity contribution in [3.05, 3.63) is 52.8 Å². The molecule has 2 unspecified atom stereocenters. The van der Waals surface area contributed by atoms with Gasteiger partial charge in [-0.15, -0.1) is 12.4 Å². The number of hydrogen-bond donors (Lipinski definition) is 2. The Kier molecular flexibility index (Phi) is 6.58. The minimum absolute atomic E-state index is 0. The largest absolute Gasteiger partial charge is 0.351 e. The molecule has 0 saturated heterocycles. The van der Waals surface area contributed by atoms with E-state index in [1.54, 1.807) is 6.92 Å². The van der Waals surface area contributed by atoms with E-state index in [9.17, 15) is 4.79 Å². The molecule has 24 heavy (non-hydrogen) atoms. The van der Waals surface area contributed by atoms with Crippen LogP contribution in [0.4, 0.5) is 0 Å². The van der Waals surface area contributed by atoms with Crippen LogP contribution in [0.15, 0.2) is 30.3 Å². The Bertz CT molecular complexity index is 695. The summed E-state index contributed by atoms with van der Waals surface area (Å²) in [6.45, 7) is 7.77. The van der Waals surface area contributed by atoms with Gasteiger partial charge in [0.15, 0.2) is 0 Å². The Balaban J connectivity index is 0.00000288. The summed E-state index contributed by atoms with van der Waals surface area (Å²) < 4.78 is 1.87. The summed E-state index contributed by atoms with van der Waals surface area (Å²) in [5.41, 5.74) is 9.33. The number of carbonyl (C=O) groups is 1. The van der Waals surface area contributed by atoms with E-state index >= 15 is 0 Å². The number of aryl methyl sites for hydroxylation is 2. The number of amides is 1. The van der Waals surface area contributed by atoms with E-state index in [4.69, 9.17) is 5.73 Å². The van der Waals surface area contributed by atoms with E-state index in [0.717, 1.165) is 23.4 Å². The van der Waals surface area contributed by atoms with Crippen LogP contribution >= 0.6 is 12.4 Å². The van der Waals surface area contributed by atoms with Crippen LogP contribution in [-0.4, -0.2) is 21.7 Å². The third-order valence-electron chi connectivity index (χ3n) is 4.39. The van der Waals surface area contributed by atoms with Crippen LogP contribution < -0.4 is 11.1 Å². The summed E-state index contributed by atoms with van der Waals surface area (Å²) in [5.74, 6) is -0.171. The molecule has 1 heterocycles. The molecular formula is C18H27ClN4O. The van der Waals surface area contributed by atoms with Crippen LogP contribution in [0.3, 0.4) is 0 Å². The van der Waals surface area contributed by atoms with E-state index in [-0.39, 0.29) is 24.4 Å². The van der Waals surface area contributed by atoms with Gasteiger partial charge >= 0.3 is 0 Å². The van der Waals surface area contributed by atoms with Crippen molar-refractivity contribution < 1.29 is 4.79 Å². The summed E-state index contributed by atoms with van der Waals surface area (Å²) in [7, 11) is 1.93. The molecule has 2 aromatic rings. The van der Waals surface area contributed by atoms with Gasteiger partial charge in [0.25, 0.3) is 0 Å². The van der Waals surface area contributed by atoms with Gasteiger partial charge in [0.1, 0.15) is 5.54 Å². The second-order valence-electron chi connectivity index (χ2n) is 6.42. The molecule has 0 aliphatic carbocycles. The van der Waals surface area contributed by atoms with Crippen LogP contribution in [-0.2, 0) is 23.8 Å². The standard InChI is InChI=1S/C18H26N4O.ClH/c1-12(11-16-13(2)21-22(5)14(16)3)20-17(23)18(4,19)15-9-7-6-8-10-15;/h6-10,12H,11,19H2,1-5H3,(H,20,23);1H. The third kappa shape index (κ3) is 4.16. The first kappa shape index (κ1) is 20.2. The lowest BCUT2D eigenvalue weighted by atomic mass is 9.91. The SMILES string of the molecule is Cc1nn(C)c(C)c1CC(C)NC(=O)C(C)(N)c1ccccc1.Cl. The molecular weight excluding hydrogens is 324 g/mol. The molecule has 0 aliphatic rings. The van der Waals surface area contributed by atoms with Crippen LogP contribution in [0.1, 0.15) is 36.4 Å². The lowest BCUT2D eigenvalue weighted by Gasteiger charge is -2.26. The Morgan fingerprint density at radius 3 is 2.42 bits per heavy atom. The van der Waals surface area contributed by atoms with E-state index < -0.39 is 5.54 Å². The van der Waals surface area contributed by atoms with Gasteiger partial charge in [-0.25, -0.2) is 0 Å². The fourth-order valence-corrected chi connectivity index (χ4v) is 2.76. The predicted octanol–water partition coefficient (Wildman–Crippen LogP) is 2.38. The number of nitrogens with two attached hydrogens (primary N) is 1. The summed E-state index contributed by atoms with van der Waals surface area (Å²) in [6.07, 6.45) is 0.738. The number of aromatic nitrogens is 2. The van der Waals surface area contributed by atoms with Gasteiger partial charge < -0.3 is 11.1 Å². The predicted molar refractivity (Wildman–Crippen MR) is 99.2 cm³/mol. The molecule has 3 N–H and O–H groups in total. The molecule has 0 fully saturated rings. The van der Waals surface area contributed by atoms with Crippen molar-refractivity contribution in [1.29, 1.82) is 0 Å². The normalized spacial score (nSPS) is 14.4. The van der Waals surface area contributed by atoms with Crippen molar-refractivity contribution >= 4 is 18.3 Å². The van der Waals surface area contributed by atoms with Crippen molar-refractivity contribution in [2.45, 2.75) is 45.7 Å². The first-order chi connectivity index (χ1) is 10.7. The van der Waals surface area contributed by atoms with E-state index in [2.05, 4.69) is 10.4 Å². The number of benzene rings is 1. The highest BCUT2D eigenvalue weighted by Crippen LogP contribution is 2.19. The van der Waals surface area contributed by atoms with Crippen LogP contribution in [0, 0.1) is 13.8 Å². The average Bonchev–Trinajstić information content (AvgIpc) is 2.74. The van der Waals surface area contributed by atoms with E-state index in [1.165, 1.54) is 5.56 Å². The van der Waals surface area contributed by atoms with Crippen molar-refractivity contribution in [3.8, 4) is 0 Å². The van der Waals surface area contributed by atoms with Crippen LogP contribution in [0.25, 0.3) is 0 Å². The quantitative estimate of drug-likeness (QED) is 0.869. The number of nitrogens with zero attached hydrogens (tertiary/aromatic N) is 2. The number of hydrogen-bond acceptors (Lipinski definition) is 3. The Morgan fingerprint density at radius 1 is 1.33 bits per heavy atom. The van der Waals surface area contributed by atoms with Crippen molar-refractivity contribution in [2.24, 2.45) is 12.8 Å². The zero-order valence-corrected chi connectivity index (χ0v) is 15.8. The topological polar surface area (TPSA) is 72.9 Å². The number of nitrogens with one attached hydrogen (secondary N) is 1. The summed E-state index contributed by atoms with van der Waals surface area (Å²) >= 11 is 0. The van der Waals surface area contributed by atoms with Crippen molar-refractivity contribution in [3.63, 3.8) is 0 Å². The Labute approximate surface area is 150 Å². The average molecular weight is 351 g/mol. The number of halogens is 1. The highest BCUT2D eigenvalue weighted by atomic mass is 35.5. The van der Waals surface area contributed by atoms with E-state index in [1.807, 2.05) is 62.8 Å². The lowest BCUT2D eigenvalue weighted by Crippen LogP contribution is -2.51. The zero-order valence-electron chi connectivity index (χ0n) is 15.0. The van der Waals surface area contributed by atoms with Gasteiger partial charge in [0, 0.05) is 18.8 Å². The molecule has 2 rings (SSSR count). The minimum Gasteiger partial charge on any atom is -0.351 e. The van der Waals surface area contributed by atoms with Gasteiger partial charge in [-0.05, 0) is 45.2 Å². The molecule has 0 radical (unpaired) electrons. The molecule has 0 spiro atoms. The Hall–Kier alpha value is -1.85. The van der Waals surface area contributed by atoms with Crippen LogP contribution in [0.5, 0.6) is 0 Å². The summed E-state index contributed by atoms with van der Waals surface area (Å²) in [6, 6.07) is 9.42. The third-order valence-corrected chi connectivity index (χ3v) is 4.39. The minimum atomic E-state index is -1.05.